The van der Waals surface area contributed by atoms with Crippen LogP contribution in [-0.2, 0) is 4.74 Å². The summed E-state index contributed by atoms with van der Waals surface area (Å²) in [5.74, 6) is 0.618. The minimum atomic E-state index is 0.101. The van der Waals surface area contributed by atoms with E-state index in [1.54, 1.807) is 7.11 Å². The fourth-order valence-electron chi connectivity index (χ4n) is 3.75. The van der Waals surface area contributed by atoms with Gasteiger partial charge in [-0.15, -0.1) is 0 Å². The van der Waals surface area contributed by atoms with Crippen LogP contribution >= 0.6 is 0 Å². The molecule has 0 aromatic heterocycles. The van der Waals surface area contributed by atoms with E-state index in [2.05, 4.69) is 11.8 Å². The molecule has 0 aliphatic carbocycles. The van der Waals surface area contributed by atoms with Crippen molar-refractivity contribution in [2.24, 2.45) is 5.92 Å². The highest BCUT2D eigenvalue weighted by Crippen LogP contribution is 2.46. The van der Waals surface area contributed by atoms with E-state index < -0.39 is 0 Å². The minimum Gasteiger partial charge on any atom is -0.394 e. The molecule has 2 saturated heterocycles. The van der Waals surface area contributed by atoms with E-state index in [0.717, 1.165) is 13.0 Å². The lowest BCUT2D eigenvalue weighted by Crippen LogP contribution is -2.45. The number of aliphatic hydroxyl groups is 1. The van der Waals surface area contributed by atoms with Gasteiger partial charge in [-0.05, 0) is 38.1 Å². The van der Waals surface area contributed by atoms with Crippen LogP contribution in [0, 0.1) is 5.92 Å². The average molecular weight is 243 g/mol. The quantitative estimate of drug-likeness (QED) is 0.822. The maximum absolute atomic E-state index is 9.64. The zero-order chi connectivity index (χ0) is 12.9. The number of aliphatic hydroxyl groups excluding tert-OH is 1. The smallest absolute Gasteiger partial charge is 0.0615 e. The Morgan fingerprint density at radius 1 is 1.41 bits per heavy atom. The third-order valence-corrected chi connectivity index (χ3v) is 4.33. The SMILES string of the molecule is CC.CCC1C(COC)CC2(CO)CCCN12. The van der Waals surface area contributed by atoms with E-state index >= 15 is 0 Å². The average Bonchev–Trinajstić information content (AvgIpc) is 2.88. The molecule has 0 aromatic rings. The zero-order valence-electron chi connectivity index (χ0n) is 11.9. The molecule has 0 bridgehead atoms. The number of hydrogen-bond donors (Lipinski definition) is 1. The Balaban J connectivity index is 0.000000686. The Kier molecular flexibility index (Phi) is 5.90. The molecule has 1 N–H and O–H groups in total. The van der Waals surface area contributed by atoms with E-state index in [1.165, 1.54) is 25.8 Å². The lowest BCUT2D eigenvalue weighted by molar-refractivity contribution is 0.0735. The Morgan fingerprint density at radius 2 is 2.12 bits per heavy atom. The van der Waals surface area contributed by atoms with Gasteiger partial charge in [0.25, 0.3) is 0 Å². The molecule has 0 amide bonds. The van der Waals surface area contributed by atoms with Gasteiger partial charge in [0.05, 0.1) is 13.2 Å². The van der Waals surface area contributed by atoms with Gasteiger partial charge in [-0.1, -0.05) is 20.8 Å². The van der Waals surface area contributed by atoms with Crippen molar-refractivity contribution < 1.29 is 9.84 Å². The Bertz CT molecular complexity index is 222. The third kappa shape index (κ3) is 2.67. The molecular weight excluding hydrogens is 214 g/mol. The van der Waals surface area contributed by atoms with Crippen LogP contribution in [0.3, 0.4) is 0 Å². The Hall–Kier alpha value is -0.120. The standard InChI is InChI=1S/C12H23NO2.C2H6/c1-3-11-10(8-15-2)7-12(9-14)5-4-6-13(11)12;1-2/h10-11,14H,3-9H2,1-2H3;1-2H3. The first kappa shape index (κ1) is 14.9. The van der Waals surface area contributed by atoms with E-state index in [4.69, 9.17) is 4.74 Å². The monoisotopic (exact) mass is 243 g/mol. The van der Waals surface area contributed by atoms with Crippen molar-refractivity contribution in [2.45, 2.75) is 58.0 Å². The summed E-state index contributed by atoms with van der Waals surface area (Å²) in [4.78, 5) is 2.55. The summed E-state index contributed by atoms with van der Waals surface area (Å²) < 4.78 is 5.30. The summed E-state index contributed by atoms with van der Waals surface area (Å²) in [7, 11) is 1.78. The van der Waals surface area contributed by atoms with Crippen molar-refractivity contribution in [3.05, 3.63) is 0 Å². The van der Waals surface area contributed by atoms with Crippen LogP contribution in [0.25, 0.3) is 0 Å². The zero-order valence-corrected chi connectivity index (χ0v) is 11.9. The van der Waals surface area contributed by atoms with Gasteiger partial charge in [-0.25, -0.2) is 0 Å². The van der Waals surface area contributed by atoms with Gasteiger partial charge in [0, 0.05) is 18.7 Å². The van der Waals surface area contributed by atoms with Gasteiger partial charge in [0.1, 0.15) is 0 Å². The number of nitrogens with zero attached hydrogens (tertiary/aromatic N) is 1. The number of fused-ring (bicyclic) bond motifs is 1. The first-order valence-corrected chi connectivity index (χ1v) is 7.14. The van der Waals surface area contributed by atoms with Gasteiger partial charge in [0.2, 0.25) is 0 Å². The molecule has 3 unspecified atom stereocenters. The maximum atomic E-state index is 9.64. The maximum Gasteiger partial charge on any atom is 0.0615 e. The highest BCUT2D eigenvalue weighted by atomic mass is 16.5. The fraction of sp³-hybridized carbons (Fsp3) is 1.00. The Morgan fingerprint density at radius 3 is 2.65 bits per heavy atom. The highest BCUT2D eigenvalue weighted by molar-refractivity contribution is 5.07. The second-order valence-corrected chi connectivity index (χ2v) is 5.07. The van der Waals surface area contributed by atoms with E-state index in [-0.39, 0.29) is 5.54 Å². The molecule has 102 valence electrons. The minimum absolute atomic E-state index is 0.101. The molecular formula is C14H29NO2. The van der Waals surface area contributed by atoms with Crippen LogP contribution in [-0.4, -0.2) is 48.5 Å². The molecule has 2 aliphatic heterocycles. The van der Waals surface area contributed by atoms with Crippen LogP contribution in [0.15, 0.2) is 0 Å². The second-order valence-electron chi connectivity index (χ2n) is 5.07. The van der Waals surface area contributed by atoms with Crippen LogP contribution in [0.2, 0.25) is 0 Å². The summed E-state index contributed by atoms with van der Waals surface area (Å²) >= 11 is 0. The molecule has 2 rings (SSSR count). The van der Waals surface area contributed by atoms with Crippen molar-refractivity contribution >= 4 is 0 Å². The highest BCUT2D eigenvalue weighted by Gasteiger charge is 2.52. The number of methoxy groups -OCH3 is 1. The molecule has 2 fully saturated rings. The molecule has 2 aliphatic rings. The van der Waals surface area contributed by atoms with Gasteiger partial charge in [-0.2, -0.15) is 0 Å². The lowest BCUT2D eigenvalue weighted by Gasteiger charge is -2.33. The van der Waals surface area contributed by atoms with E-state index in [0.29, 0.717) is 18.6 Å². The van der Waals surface area contributed by atoms with Gasteiger partial charge in [0.15, 0.2) is 0 Å². The molecule has 0 spiro atoms. The van der Waals surface area contributed by atoms with Gasteiger partial charge < -0.3 is 9.84 Å². The topological polar surface area (TPSA) is 32.7 Å². The number of hydrogen-bond acceptors (Lipinski definition) is 3. The summed E-state index contributed by atoms with van der Waals surface area (Å²) in [6.07, 6.45) is 4.71. The summed E-state index contributed by atoms with van der Waals surface area (Å²) in [5, 5.41) is 9.64. The van der Waals surface area contributed by atoms with Crippen LogP contribution in [0.4, 0.5) is 0 Å². The van der Waals surface area contributed by atoms with Crippen LogP contribution < -0.4 is 0 Å². The lowest BCUT2D eigenvalue weighted by atomic mass is 9.89. The van der Waals surface area contributed by atoms with Crippen molar-refractivity contribution in [3.8, 4) is 0 Å². The third-order valence-electron chi connectivity index (χ3n) is 4.33. The predicted molar refractivity (Wildman–Crippen MR) is 71.2 cm³/mol. The number of rotatable bonds is 4. The first-order valence-electron chi connectivity index (χ1n) is 7.14. The normalized spacial score (nSPS) is 36.5. The molecule has 2 heterocycles. The van der Waals surface area contributed by atoms with Crippen LogP contribution in [0.5, 0.6) is 0 Å². The van der Waals surface area contributed by atoms with E-state index in [1.807, 2.05) is 13.8 Å². The fourth-order valence-corrected chi connectivity index (χ4v) is 3.75. The largest absolute Gasteiger partial charge is 0.394 e. The molecule has 17 heavy (non-hydrogen) atoms. The summed E-state index contributed by atoms with van der Waals surface area (Å²) in [6, 6.07) is 0.625. The molecule has 3 nitrogen and oxygen atoms in total. The molecule has 0 radical (unpaired) electrons. The van der Waals surface area contributed by atoms with Crippen molar-refractivity contribution in [3.63, 3.8) is 0 Å². The number of ether oxygens (including phenoxy) is 1. The van der Waals surface area contributed by atoms with Crippen molar-refractivity contribution in [1.29, 1.82) is 0 Å². The second kappa shape index (κ2) is 6.72. The van der Waals surface area contributed by atoms with Gasteiger partial charge in [-0.3, -0.25) is 4.90 Å². The molecule has 0 saturated carbocycles. The summed E-state index contributed by atoms with van der Waals surface area (Å²) in [6.45, 7) is 8.58. The van der Waals surface area contributed by atoms with E-state index in [9.17, 15) is 5.11 Å². The molecule has 3 atom stereocenters. The van der Waals surface area contributed by atoms with Crippen molar-refractivity contribution in [1.82, 2.24) is 4.90 Å². The van der Waals surface area contributed by atoms with Crippen LogP contribution in [0.1, 0.15) is 46.5 Å². The van der Waals surface area contributed by atoms with Crippen molar-refractivity contribution in [2.75, 3.05) is 26.9 Å². The summed E-state index contributed by atoms with van der Waals surface area (Å²) in [5.41, 5.74) is 0.101. The Labute approximate surface area is 106 Å². The molecule has 3 heteroatoms. The van der Waals surface area contributed by atoms with Gasteiger partial charge >= 0.3 is 0 Å². The predicted octanol–water partition coefficient (Wildman–Crippen LogP) is 2.28. The first-order chi connectivity index (χ1) is 8.27. The molecule has 0 aromatic carbocycles.